The normalized spacial score (nSPS) is 32.1. The molecule has 1 aromatic rings. The van der Waals surface area contributed by atoms with E-state index in [4.69, 9.17) is 4.74 Å². The summed E-state index contributed by atoms with van der Waals surface area (Å²) in [6.07, 6.45) is 3.85. The monoisotopic (exact) mass is 311 g/mol. The van der Waals surface area contributed by atoms with Crippen molar-refractivity contribution >= 4 is 11.7 Å². The molecule has 3 atom stereocenters. The van der Waals surface area contributed by atoms with Crippen molar-refractivity contribution in [1.82, 2.24) is 4.90 Å². The Hall–Kier alpha value is -2.10. The van der Waals surface area contributed by atoms with Crippen LogP contribution >= 0.6 is 0 Å². The Morgan fingerprint density at radius 2 is 2.09 bits per heavy atom. The number of carbonyl (C=O) groups is 2. The van der Waals surface area contributed by atoms with E-state index in [1.165, 1.54) is 0 Å². The van der Waals surface area contributed by atoms with Crippen LogP contribution in [-0.4, -0.2) is 36.8 Å². The smallest absolute Gasteiger partial charge is 0.233 e. The second kappa shape index (κ2) is 4.70. The lowest BCUT2D eigenvalue weighted by molar-refractivity contribution is -0.145. The summed E-state index contributed by atoms with van der Waals surface area (Å²) in [5.74, 6) is 0.891. The number of amides is 1. The summed E-state index contributed by atoms with van der Waals surface area (Å²) in [5, 5.41) is 0. The van der Waals surface area contributed by atoms with Gasteiger partial charge >= 0.3 is 0 Å². The third kappa shape index (κ3) is 1.84. The lowest BCUT2D eigenvalue weighted by Gasteiger charge is -2.51. The average Bonchev–Trinajstić information content (AvgIpc) is 2.55. The van der Waals surface area contributed by atoms with Gasteiger partial charge in [0.25, 0.3) is 0 Å². The summed E-state index contributed by atoms with van der Waals surface area (Å²) in [5.41, 5.74) is 2.64. The van der Waals surface area contributed by atoms with Crippen molar-refractivity contribution in [2.75, 3.05) is 14.2 Å². The predicted molar refractivity (Wildman–Crippen MR) is 86.4 cm³/mol. The predicted octanol–water partition coefficient (Wildman–Crippen LogP) is 2.47. The number of piperidine rings is 1. The minimum absolute atomic E-state index is 0.145. The van der Waals surface area contributed by atoms with Crippen LogP contribution in [0.3, 0.4) is 0 Å². The van der Waals surface area contributed by atoms with Crippen molar-refractivity contribution in [3.8, 4) is 5.75 Å². The maximum absolute atomic E-state index is 13.1. The van der Waals surface area contributed by atoms with E-state index >= 15 is 0 Å². The number of fused-ring (bicyclic) bond motifs is 3. The molecule has 1 aromatic carbocycles. The quantitative estimate of drug-likeness (QED) is 0.800. The first-order chi connectivity index (χ1) is 11.0. The number of ether oxygens (including phenoxy) is 1. The molecule has 1 amide bonds. The van der Waals surface area contributed by atoms with Crippen LogP contribution in [0.1, 0.15) is 36.8 Å². The van der Waals surface area contributed by atoms with Crippen molar-refractivity contribution in [3.05, 3.63) is 41.0 Å². The zero-order valence-electron chi connectivity index (χ0n) is 13.8. The van der Waals surface area contributed by atoms with Gasteiger partial charge in [0.2, 0.25) is 5.91 Å². The molecule has 2 aliphatic carbocycles. The Kier molecular flexibility index (Phi) is 2.96. The number of ketones is 1. The van der Waals surface area contributed by atoms with E-state index in [0.717, 1.165) is 28.9 Å². The van der Waals surface area contributed by atoms with Gasteiger partial charge in [0.05, 0.1) is 12.5 Å². The van der Waals surface area contributed by atoms with Crippen molar-refractivity contribution in [2.45, 2.75) is 38.1 Å². The Labute approximate surface area is 136 Å². The van der Waals surface area contributed by atoms with Gasteiger partial charge < -0.3 is 9.64 Å². The topological polar surface area (TPSA) is 46.6 Å². The molecule has 1 fully saturated rings. The zero-order chi connectivity index (χ0) is 16.4. The summed E-state index contributed by atoms with van der Waals surface area (Å²) >= 11 is 0. The Morgan fingerprint density at radius 3 is 2.83 bits per heavy atom. The summed E-state index contributed by atoms with van der Waals surface area (Å²) in [6.45, 7) is 2.04. The standard InChI is InChI=1S/C19H21NO3/c1-11-6-13-8-17(21)16-10-19(13,18(22)20(11)2)9-12-7-14(23-3)4-5-15(12)16/h4-5,7-8,11,16H,6,9-10H2,1-3H3/t11-,16-,19+/m1/s1. The van der Waals surface area contributed by atoms with Gasteiger partial charge in [0, 0.05) is 19.0 Å². The molecule has 0 saturated carbocycles. The number of rotatable bonds is 1. The fourth-order valence-electron chi connectivity index (χ4n) is 4.51. The van der Waals surface area contributed by atoms with E-state index < -0.39 is 5.41 Å². The molecule has 2 bridgehead atoms. The van der Waals surface area contributed by atoms with Crippen molar-refractivity contribution in [3.63, 3.8) is 0 Å². The molecule has 0 N–H and O–H groups in total. The van der Waals surface area contributed by atoms with E-state index in [9.17, 15) is 9.59 Å². The molecule has 0 radical (unpaired) electrons. The fourth-order valence-corrected chi connectivity index (χ4v) is 4.51. The van der Waals surface area contributed by atoms with Crippen LogP contribution in [0.15, 0.2) is 29.8 Å². The highest BCUT2D eigenvalue weighted by Gasteiger charge is 2.55. The van der Waals surface area contributed by atoms with Crippen LogP contribution in [0.2, 0.25) is 0 Å². The number of nitrogens with zero attached hydrogens (tertiary/aromatic N) is 1. The van der Waals surface area contributed by atoms with E-state index in [-0.39, 0.29) is 23.7 Å². The van der Waals surface area contributed by atoms with Crippen LogP contribution in [-0.2, 0) is 16.0 Å². The van der Waals surface area contributed by atoms with E-state index in [1.807, 2.05) is 37.1 Å². The minimum Gasteiger partial charge on any atom is -0.497 e. The van der Waals surface area contributed by atoms with Gasteiger partial charge in [0.1, 0.15) is 5.75 Å². The van der Waals surface area contributed by atoms with Gasteiger partial charge in [-0.15, -0.1) is 0 Å². The molecular weight excluding hydrogens is 290 g/mol. The van der Waals surface area contributed by atoms with Gasteiger partial charge in [-0.05, 0) is 61.1 Å². The summed E-state index contributed by atoms with van der Waals surface area (Å²) in [4.78, 5) is 27.6. The SMILES string of the molecule is COc1ccc2c(c1)C[C@]13C[C@H]2C(=O)C=C1C[C@@H](C)N(C)C3=O. The number of methoxy groups -OCH3 is 1. The summed E-state index contributed by atoms with van der Waals surface area (Å²) < 4.78 is 5.33. The molecular formula is C19H21NO3. The average molecular weight is 311 g/mol. The maximum atomic E-state index is 13.1. The molecule has 23 heavy (non-hydrogen) atoms. The molecule has 3 aliphatic rings. The highest BCUT2D eigenvalue weighted by molar-refractivity contribution is 6.02. The third-order valence-electron chi connectivity index (χ3n) is 5.95. The highest BCUT2D eigenvalue weighted by atomic mass is 16.5. The summed E-state index contributed by atoms with van der Waals surface area (Å²) in [6, 6.07) is 6.03. The molecule has 1 spiro atoms. The molecule has 120 valence electrons. The zero-order valence-corrected chi connectivity index (χ0v) is 13.8. The summed E-state index contributed by atoms with van der Waals surface area (Å²) in [7, 11) is 3.52. The first-order valence-electron chi connectivity index (χ1n) is 8.15. The third-order valence-corrected chi connectivity index (χ3v) is 5.95. The number of allylic oxidation sites excluding steroid dienone is 1. The largest absolute Gasteiger partial charge is 0.497 e. The van der Waals surface area contributed by atoms with Gasteiger partial charge in [-0.2, -0.15) is 0 Å². The molecule has 1 aliphatic heterocycles. The lowest BCUT2D eigenvalue weighted by Crippen LogP contribution is -2.56. The number of hydrogen-bond acceptors (Lipinski definition) is 3. The maximum Gasteiger partial charge on any atom is 0.233 e. The second-order valence-electron chi connectivity index (χ2n) is 7.12. The Balaban J connectivity index is 1.89. The van der Waals surface area contributed by atoms with Crippen molar-refractivity contribution in [2.24, 2.45) is 5.41 Å². The van der Waals surface area contributed by atoms with Crippen LogP contribution in [0, 0.1) is 5.41 Å². The van der Waals surface area contributed by atoms with Gasteiger partial charge in [-0.25, -0.2) is 0 Å². The fraction of sp³-hybridized carbons (Fsp3) is 0.474. The molecule has 1 saturated heterocycles. The van der Waals surface area contributed by atoms with Crippen molar-refractivity contribution < 1.29 is 14.3 Å². The van der Waals surface area contributed by atoms with Gasteiger partial charge in [-0.1, -0.05) is 6.07 Å². The lowest BCUT2D eigenvalue weighted by atomic mass is 9.56. The highest BCUT2D eigenvalue weighted by Crippen LogP contribution is 2.54. The van der Waals surface area contributed by atoms with Crippen LogP contribution in [0.25, 0.3) is 0 Å². The van der Waals surface area contributed by atoms with Gasteiger partial charge in [-0.3, -0.25) is 9.59 Å². The minimum atomic E-state index is -0.529. The van der Waals surface area contributed by atoms with Crippen LogP contribution in [0.5, 0.6) is 5.75 Å². The number of hydrogen-bond donors (Lipinski definition) is 0. The molecule has 1 heterocycles. The van der Waals surface area contributed by atoms with E-state index in [0.29, 0.717) is 12.8 Å². The Morgan fingerprint density at radius 1 is 1.30 bits per heavy atom. The molecule has 0 unspecified atom stereocenters. The molecule has 0 aromatic heterocycles. The molecule has 4 heteroatoms. The van der Waals surface area contributed by atoms with Gasteiger partial charge in [0.15, 0.2) is 5.78 Å². The van der Waals surface area contributed by atoms with E-state index in [2.05, 4.69) is 0 Å². The first kappa shape index (κ1) is 14.5. The van der Waals surface area contributed by atoms with Crippen LogP contribution < -0.4 is 4.74 Å². The number of likely N-dealkylation sites (tertiary alicyclic amines) is 1. The van der Waals surface area contributed by atoms with Crippen molar-refractivity contribution in [1.29, 1.82) is 0 Å². The number of benzene rings is 1. The second-order valence-corrected chi connectivity index (χ2v) is 7.12. The first-order valence-corrected chi connectivity index (χ1v) is 8.15. The number of carbonyl (C=O) groups excluding carboxylic acids is 2. The van der Waals surface area contributed by atoms with E-state index in [1.54, 1.807) is 13.2 Å². The molecule has 4 rings (SSSR count). The van der Waals surface area contributed by atoms with Crippen LogP contribution in [0.4, 0.5) is 0 Å². The Bertz CT molecular complexity index is 751. The molecule has 4 nitrogen and oxygen atoms in total.